The van der Waals surface area contributed by atoms with Gasteiger partial charge in [-0.1, -0.05) is 30.4 Å². The van der Waals surface area contributed by atoms with E-state index in [0.717, 1.165) is 5.56 Å². The van der Waals surface area contributed by atoms with E-state index in [9.17, 15) is 9.59 Å². The maximum Gasteiger partial charge on any atom is 0.265 e. The smallest absolute Gasteiger partial charge is 0.265 e. The van der Waals surface area contributed by atoms with E-state index >= 15 is 0 Å². The predicted molar refractivity (Wildman–Crippen MR) is 101 cm³/mol. The molecule has 1 aliphatic heterocycles. The molecule has 1 aliphatic rings. The summed E-state index contributed by atoms with van der Waals surface area (Å²) < 4.78 is 11.0. The highest BCUT2D eigenvalue weighted by molar-refractivity contribution is 6.10. The molecule has 0 saturated carbocycles. The number of amides is 2. The maximum atomic E-state index is 12.6. The number of nitrogens with zero attached hydrogens (tertiary/aromatic N) is 1. The Morgan fingerprint density at radius 2 is 2.04 bits per heavy atom. The summed E-state index contributed by atoms with van der Waals surface area (Å²) in [7, 11) is 1.55. The summed E-state index contributed by atoms with van der Waals surface area (Å²) in [6.45, 7) is 1.71. The summed E-state index contributed by atoms with van der Waals surface area (Å²) in [5.41, 5.74) is 2.26. The van der Waals surface area contributed by atoms with Gasteiger partial charge in [-0.15, -0.1) is 0 Å². The zero-order valence-electron chi connectivity index (χ0n) is 14.7. The molecular weight excluding hydrogens is 332 g/mol. The zero-order chi connectivity index (χ0) is 18.5. The lowest BCUT2D eigenvalue weighted by Crippen LogP contribution is -2.44. The fraction of sp³-hybridized carbons (Fsp3) is 0.200. The Balaban J connectivity index is 1.74. The number of hydrogen-bond acceptors (Lipinski definition) is 4. The maximum absolute atomic E-state index is 12.6. The van der Waals surface area contributed by atoms with Crippen molar-refractivity contribution in [1.82, 2.24) is 0 Å². The second kappa shape index (κ2) is 7.74. The Hall–Kier alpha value is -3.28. The topological polar surface area (TPSA) is 67.9 Å². The van der Waals surface area contributed by atoms with Gasteiger partial charge < -0.3 is 14.8 Å². The first kappa shape index (κ1) is 17.5. The summed E-state index contributed by atoms with van der Waals surface area (Å²) in [4.78, 5) is 25.9. The van der Waals surface area contributed by atoms with Gasteiger partial charge in [0.05, 0.1) is 18.5 Å². The van der Waals surface area contributed by atoms with Gasteiger partial charge >= 0.3 is 0 Å². The SMILES string of the molecule is C/C=C/c1ccc(OCC(=O)N2CC(=O)Nc3ccccc32)c(OC)c1. The van der Waals surface area contributed by atoms with Gasteiger partial charge in [0, 0.05) is 0 Å². The molecule has 0 saturated heterocycles. The molecule has 0 unspecified atom stereocenters. The first-order chi connectivity index (χ1) is 12.6. The lowest BCUT2D eigenvalue weighted by atomic mass is 10.2. The monoisotopic (exact) mass is 352 g/mol. The standard InChI is InChI=1S/C20H20N2O4/c1-3-6-14-9-10-17(18(11-14)25-2)26-13-20(24)22-12-19(23)21-15-7-4-5-8-16(15)22/h3-11H,12-13H2,1-2H3,(H,21,23)/b6-3+. The molecule has 6 heteroatoms. The number of allylic oxidation sites excluding steroid dienone is 1. The third-order valence-electron chi connectivity index (χ3n) is 3.97. The van der Waals surface area contributed by atoms with Crippen LogP contribution >= 0.6 is 0 Å². The summed E-state index contributed by atoms with van der Waals surface area (Å²) in [5, 5.41) is 2.75. The van der Waals surface area contributed by atoms with Gasteiger partial charge in [-0.3, -0.25) is 14.5 Å². The molecule has 26 heavy (non-hydrogen) atoms. The van der Waals surface area contributed by atoms with Crippen LogP contribution in [0.25, 0.3) is 6.08 Å². The van der Waals surface area contributed by atoms with Crippen molar-refractivity contribution in [2.75, 3.05) is 30.5 Å². The van der Waals surface area contributed by atoms with E-state index in [1.165, 1.54) is 4.90 Å². The summed E-state index contributed by atoms with van der Waals surface area (Å²) >= 11 is 0. The summed E-state index contributed by atoms with van der Waals surface area (Å²) in [5.74, 6) is 0.492. The number of benzene rings is 2. The van der Waals surface area contributed by atoms with Gasteiger partial charge in [0.25, 0.3) is 5.91 Å². The number of hydrogen-bond donors (Lipinski definition) is 1. The van der Waals surface area contributed by atoms with Crippen LogP contribution in [0.3, 0.4) is 0 Å². The molecule has 2 amide bonds. The summed E-state index contributed by atoms with van der Waals surface area (Å²) in [6, 6.07) is 12.7. The highest BCUT2D eigenvalue weighted by Crippen LogP contribution is 2.31. The van der Waals surface area contributed by atoms with E-state index in [4.69, 9.17) is 9.47 Å². The molecule has 1 N–H and O–H groups in total. The second-order valence-corrected chi connectivity index (χ2v) is 5.74. The first-order valence-corrected chi connectivity index (χ1v) is 8.25. The minimum Gasteiger partial charge on any atom is -0.493 e. The van der Waals surface area contributed by atoms with Crippen molar-refractivity contribution in [3.63, 3.8) is 0 Å². The average Bonchev–Trinajstić information content (AvgIpc) is 2.66. The Labute approximate surface area is 152 Å². The van der Waals surface area contributed by atoms with Crippen molar-refractivity contribution >= 4 is 29.3 Å². The number of carbonyl (C=O) groups excluding carboxylic acids is 2. The van der Waals surface area contributed by atoms with E-state index in [1.807, 2.05) is 37.3 Å². The van der Waals surface area contributed by atoms with Crippen LogP contribution in [0.5, 0.6) is 11.5 Å². The van der Waals surface area contributed by atoms with E-state index < -0.39 is 0 Å². The molecule has 0 fully saturated rings. The number of para-hydroxylation sites is 2. The average molecular weight is 352 g/mol. The fourth-order valence-corrected chi connectivity index (χ4v) is 2.77. The lowest BCUT2D eigenvalue weighted by Gasteiger charge is -2.29. The van der Waals surface area contributed by atoms with Crippen LogP contribution in [0.4, 0.5) is 11.4 Å². The quantitative estimate of drug-likeness (QED) is 0.898. The molecule has 3 rings (SSSR count). The molecule has 0 spiro atoms. The van der Waals surface area contributed by atoms with E-state index in [0.29, 0.717) is 22.9 Å². The number of rotatable bonds is 5. The van der Waals surface area contributed by atoms with Crippen LogP contribution < -0.4 is 19.7 Å². The minimum atomic E-state index is -0.299. The lowest BCUT2D eigenvalue weighted by molar-refractivity contribution is -0.123. The Bertz CT molecular complexity index is 861. The van der Waals surface area contributed by atoms with E-state index in [-0.39, 0.29) is 25.0 Å². The molecule has 2 aromatic carbocycles. The predicted octanol–water partition coefficient (Wildman–Crippen LogP) is 3.09. The van der Waals surface area contributed by atoms with Crippen LogP contribution in [0.15, 0.2) is 48.5 Å². The third kappa shape index (κ3) is 3.69. The van der Waals surface area contributed by atoms with Crippen LogP contribution in [0, 0.1) is 0 Å². The van der Waals surface area contributed by atoms with E-state index in [1.54, 1.807) is 31.4 Å². The van der Waals surface area contributed by atoms with E-state index in [2.05, 4.69) is 5.32 Å². The number of ether oxygens (including phenoxy) is 2. The molecule has 0 aliphatic carbocycles. The van der Waals surface area contributed by atoms with Crippen molar-refractivity contribution < 1.29 is 19.1 Å². The number of methoxy groups -OCH3 is 1. The Morgan fingerprint density at radius 3 is 2.81 bits per heavy atom. The van der Waals surface area contributed by atoms with Crippen molar-refractivity contribution in [2.45, 2.75) is 6.92 Å². The Kier molecular flexibility index (Phi) is 5.22. The van der Waals surface area contributed by atoms with Crippen molar-refractivity contribution in [3.8, 4) is 11.5 Å². The normalized spacial score (nSPS) is 13.3. The third-order valence-corrected chi connectivity index (χ3v) is 3.97. The number of nitrogens with one attached hydrogen (secondary N) is 1. The van der Waals surface area contributed by atoms with Gasteiger partial charge in [-0.25, -0.2) is 0 Å². The highest BCUT2D eigenvalue weighted by Gasteiger charge is 2.26. The second-order valence-electron chi connectivity index (χ2n) is 5.74. The fourth-order valence-electron chi connectivity index (χ4n) is 2.77. The van der Waals surface area contributed by atoms with Crippen molar-refractivity contribution in [3.05, 3.63) is 54.1 Å². The zero-order valence-corrected chi connectivity index (χ0v) is 14.7. The molecule has 0 aromatic heterocycles. The van der Waals surface area contributed by atoms with Gasteiger partial charge in [0.15, 0.2) is 18.1 Å². The van der Waals surface area contributed by atoms with Crippen LogP contribution in [0.2, 0.25) is 0 Å². The summed E-state index contributed by atoms with van der Waals surface area (Å²) in [6.07, 6.45) is 3.87. The van der Waals surface area contributed by atoms with Crippen LogP contribution in [0.1, 0.15) is 12.5 Å². The molecule has 2 aromatic rings. The van der Waals surface area contributed by atoms with Gasteiger partial charge in [0.2, 0.25) is 5.91 Å². The largest absolute Gasteiger partial charge is 0.493 e. The van der Waals surface area contributed by atoms with Gasteiger partial charge in [0.1, 0.15) is 6.54 Å². The van der Waals surface area contributed by atoms with Gasteiger partial charge in [-0.05, 0) is 36.8 Å². The van der Waals surface area contributed by atoms with Gasteiger partial charge in [-0.2, -0.15) is 0 Å². The molecule has 1 heterocycles. The van der Waals surface area contributed by atoms with Crippen molar-refractivity contribution in [1.29, 1.82) is 0 Å². The molecule has 6 nitrogen and oxygen atoms in total. The van der Waals surface area contributed by atoms with Crippen LogP contribution in [-0.2, 0) is 9.59 Å². The van der Waals surface area contributed by atoms with Crippen molar-refractivity contribution in [2.24, 2.45) is 0 Å². The minimum absolute atomic E-state index is 0.0312. The first-order valence-electron chi connectivity index (χ1n) is 8.25. The molecule has 0 radical (unpaired) electrons. The number of carbonyl (C=O) groups is 2. The highest BCUT2D eigenvalue weighted by atomic mass is 16.5. The van der Waals surface area contributed by atoms with Crippen LogP contribution in [-0.4, -0.2) is 32.1 Å². The Morgan fingerprint density at radius 1 is 1.23 bits per heavy atom. The molecular formula is C20H20N2O4. The number of anilines is 2. The molecule has 0 bridgehead atoms. The molecule has 0 atom stereocenters. The number of fused-ring (bicyclic) bond motifs is 1. The molecule has 134 valence electrons.